The van der Waals surface area contributed by atoms with Crippen molar-refractivity contribution in [1.29, 1.82) is 0 Å². The van der Waals surface area contributed by atoms with E-state index < -0.39 is 0 Å². The van der Waals surface area contributed by atoms with Crippen LogP contribution >= 0.6 is 11.6 Å². The summed E-state index contributed by atoms with van der Waals surface area (Å²) in [6.07, 6.45) is 8.83. The van der Waals surface area contributed by atoms with Gasteiger partial charge in [-0.05, 0) is 60.5 Å². The van der Waals surface area contributed by atoms with Gasteiger partial charge in [0.25, 0.3) is 0 Å². The summed E-state index contributed by atoms with van der Waals surface area (Å²) in [4.78, 5) is 23.8. The molecule has 0 bridgehead atoms. The van der Waals surface area contributed by atoms with Crippen molar-refractivity contribution >= 4 is 23.4 Å². The monoisotopic (exact) mass is 346 g/mol. The van der Waals surface area contributed by atoms with Gasteiger partial charge in [-0.3, -0.25) is 4.79 Å². The van der Waals surface area contributed by atoms with Crippen LogP contribution in [0.15, 0.2) is 34.4 Å². The molecule has 0 radical (unpaired) electrons. The molecular formula is C20H23ClO3. The summed E-state index contributed by atoms with van der Waals surface area (Å²) >= 11 is 6.60. The number of carbonyl (C=O) groups is 2. The van der Waals surface area contributed by atoms with Crippen LogP contribution in [-0.4, -0.2) is 18.4 Å². The Morgan fingerprint density at radius 3 is 2.75 bits per heavy atom. The van der Waals surface area contributed by atoms with Crippen molar-refractivity contribution in [2.75, 3.05) is 6.61 Å². The van der Waals surface area contributed by atoms with Gasteiger partial charge in [0.2, 0.25) is 0 Å². The lowest BCUT2D eigenvalue weighted by Crippen LogP contribution is -2.51. The molecule has 0 amide bonds. The van der Waals surface area contributed by atoms with Gasteiger partial charge in [0.1, 0.15) is 6.61 Å². The van der Waals surface area contributed by atoms with E-state index in [0.29, 0.717) is 29.4 Å². The standard InChI is InChI=1S/C20H23ClO3/c1-11(22)13-4-5-14-12-8-17(21)16-9-18(23)24-10-20(16,3)15(12)6-7-19(13,14)2/h4,8-9,12,14-15H,5-7,10H2,1-3H3/t12-,14-,15-,19+,20+/m0/s1. The first-order valence-corrected chi connectivity index (χ1v) is 9.13. The van der Waals surface area contributed by atoms with E-state index in [1.165, 1.54) is 0 Å². The summed E-state index contributed by atoms with van der Waals surface area (Å²) < 4.78 is 5.38. The van der Waals surface area contributed by atoms with Crippen LogP contribution in [0.2, 0.25) is 0 Å². The highest BCUT2D eigenvalue weighted by atomic mass is 35.5. The van der Waals surface area contributed by atoms with Gasteiger partial charge in [0.15, 0.2) is 5.78 Å². The van der Waals surface area contributed by atoms with E-state index in [9.17, 15) is 9.59 Å². The van der Waals surface area contributed by atoms with Crippen LogP contribution in [-0.2, 0) is 14.3 Å². The first-order chi connectivity index (χ1) is 11.3. The van der Waals surface area contributed by atoms with E-state index in [4.69, 9.17) is 16.3 Å². The van der Waals surface area contributed by atoms with E-state index in [1.807, 2.05) is 0 Å². The topological polar surface area (TPSA) is 43.4 Å². The van der Waals surface area contributed by atoms with Crippen molar-refractivity contribution in [2.24, 2.45) is 28.6 Å². The molecule has 1 saturated carbocycles. The number of hydrogen-bond donors (Lipinski definition) is 0. The third kappa shape index (κ3) is 1.97. The minimum atomic E-state index is -0.297. The molecule has 3 aliphatic carbocycles. The average molecular weight is 347 g/mol. The first-order valence-electron chi connectivity index (χ1n) is 8.75. The van der Waals surface area contributed by atoms with Gasteiger partial charge in [0, 0.05) is 16.5 Å². The summed E-state index contributed by atoms with van der Waals surface area (Å²) in [6, 6.07) is 0. The zero-order valence-corrected chi connectivity index (χ0v) is 15.2. The lowest BCUT2D eigenvalue weighted by Gasteiger charge is -2.55. The molecule has 0 N–H and O–H groups in total. The molecule has 4 rings (SSSR count). The van der Waals surface area contributed by atoms with E-state index in [1.54, 1.807) is 13.0 Å². The van der Waals surface area contributed by atoms with Gasteiger partial charge in [-0.15, -0.1) is 0 Å². The number of ketones is 1. The molecule has 4 heteroatoms. The number of halogens is 1. The van der Waals surface area contributed by atoms with Crippen molar-refractivity contribution in [3.8, 4) is 0 Å². The van der Waals surface area contributed by atoms with Crippen molar-refractivity contribution in [2.45, 2.75) is 40.0 Å². The highest BCUT2D eigenvalue weighted by Gasteiger charge is 2.58. The van der Waals surface area contributed by atoms with E-state index in [0.717, 1.165) is 30.4 Å². The molecule has 0 aromatic heterocycles. The molecule has 0 aromatic carbocycles. The van der Waals surface area contributed by atoms with Crippen molar-refractivity contribution in [1.82, 2.24) is 0 Å². The van der Waals surface area contributed by atoms with Crippen molar-refractivity contribution < 1.29 is 14.3 Å². The first kappa shape index (κ1) is 16.1. The summed E-state index contributed by atoms with van der Waals surface area (Å²) in [6.45, 7) is 6.50. The zero-order valence-electron chi connectivity index (χ0n) is 14.4. The fourth-order valence-electron chi connectivity index (χ4n) is 5.82. The maximum absolute atomic E-state index is 12.1. The Hall–Kier alpha value is -1.35. The highest BCUT2D eigenvalue weighted by Crippen LogP contribution is 2.64. The highest BCUT2D eigenvalue weighted by molar-refractivity contribution is 6.32. The molecule has 24 heavy (non-hydrogen) atoms. The predicted octanol–water partition coefficient (Wildman–Crippen LogP) is 4.18. The molecule has 1 fully saturated rings. The van der Waals surface area contributed by atoms with Gasteiger partial charge < -0.3 is 4.74 Å². The average Bonchev–Trinajstić information content (AvgIpc) is 2.87. The Labute approximate surface area is 147 Å². The molecule has 4 aliphatic rings. The van der Waals surface area contributed by atoms with Crippen molar-refractivity contribution in [3.63, 3.8) is 0 Å². The van der Waals surface area contributed by atoms with Crippen molar-refractivity contribution in [3.05, 3.63) is 34.4 Å². The number of carbonyl (C=O) groups excluding carboxylic acids is 2. The Bertz CT molecular complexity index is 731. The van der Waals surface area contributed by atoms with Gasteiger partial charge in [-0.25, -0.2) is 4.79 Å². The maximum atomic E-state index is 12.1. The maximum Gasteiger partial charge on any atom is 0.331 e. The minimum Gasteiger partial charge on any atom is -0.462 e. The second-order valence-electron chi connectivity index (χ2n) is 8.25. The number of ether oxygens (including phenoxy) is 1. The lowest BCUT2D eigenvalue weighted by atomic mass is 9.50. The van der Waals surface area contributed by atoms with Gasteiger partial charge in [0.05, 0.1) is 0 Å². The summed E-state index contributed by atoms with van der Waals surface area (Å²) in [7, 11) is 0. The largest absolute Gasteiger partial charge is 0.462 e. The number of cyclic esters (lactones) is 1. The van der Waals surface area contributed by atoms with E-state index >= 15 is 0 Å². The molecule has 1 heterocycles. The molecule has 0 spiro atoms. The third-order valence-electron chi connectivity index (χ3n) is 7.10. The van der Waals surface area contributed by atoms with E-state index in [-0.39, 0.29) is 22.6 Å². The van der Waals surface area contributed by atoms with Gasteiger partial charge in [-0.2, -0.15) is 0 Å². The van der Waals surface area contributed by atoms with Gasteiger partial charge >= 0.3 is 5.97 Å². The fraction of sp³-hybridized carbons (Fsp3) is 0.600. The normalized spacial score (nSPS) is 43.6. The number of allylic oxidation sites excluding steroid dienone is 4. The third-order valence-corrected chi connectivity index (χ3v) is 7.43. The molecule has 1 aliphatic heterocycles. The quantitative estimate of drug-likeness (QED) is 0.669. The number of fused-ring (bicyclic) bond motifs is 5. The molecule has 128 valence electrons. The Morgan fingerprint density at radius 2 is 2.04 bits per heavy atom. The van der Waals surface area contributed by atoms with Gasteiger partial charge in [-0.1, -0.05) is 37.6 Å². The Kier molecular flexibility index (Phi) is 3.41. The molecule has 0 saturated heterocycles. The van der Waals surface area contributed by atoms with Crippen LogP contribution < -0.4 is 0 Å². The van der Waals surface area contributed by atoms with Crippen LogP contribution in [0.5, 0.6) is 0 Å². The minimum absolute atomic E-state index is 0.0520. The molecule has 0 unspecified atom stereocenters. The predicted molar refractivity (Wildman–Crippen MR) is 92.3 cm³/mol. The molecular weight excluding hydrogens is 324 g/mol. The van der Waals surface area contributed by atoms with Crippen LogP contribution in [0.25, 0.3) is 0 Å². The van der Waals surface area contributed by atoms with E-state index in [2.05, 4.69) is 26.0 Å². The lowest BCUT2D eigenvalue weighted by molar-refractivity contribution is -0.145. The fourth-order valence-corrected chi connectivity index (χ4v) is 6.24. The van der Waals surface area contributed by atoms with Crippen LogP contribution in [0.1, 0.15) is 40.0 Å². The van der Waals surface area contributed by atoms with Crippen LogP contribution in [0, 0.1) is 28.6 Å². The van der Waals surface area contributed by atoms with Crippen LogP contribution in [0.3, 0.4) is 0 Å². The SMILES string of the molecule is CC(=O)C1=CC[C@H]2[C@@H]3C=C(Cl)C4=CC(=O)OC[C@]4(C)[C@H]3CC[C@]12C. The summed E-state index contributed by atoms with van der Waals surface area (Å²) in [5.41, 5.74) is 1.66. The molecule has 0 aromatic rings. The molecule has 3 nitrogen and oxygen atoms in total. The number of Topliss-reactive ketones (excluding diaryl/α,β-unsaturated/α-hetero) is 1. The molecule has 5 atom stereocenters. The summed E-state index contributed by atoms with van der Waals surface area (Å²) in [5, 5.41) is 0.691. The summed E-state index contributed by atoms with van der Waals surface area (Å²) in [5.74, 6) is 1.03. The number of hydrogen-bond acceptors (Lipinski definition) is 3. The number of rotatable bonds is 1. The Balaban J connectivity index is 1.78. The Morgan fingerprint density at radius 1 is 1.29 bits per heavy atom. The zero-order chi connectivity index (χ0) is 17.3. The smallest absolute Gasteiger partial charge is 0.331 e. The van der Waals surface area contributed by atoms with Crippen LogP contribution in [0.4, 0.5) is 0 Å². The second-order valence-corrected chi connectivity index (χ2v) is 8.66. The number of esters is 1. The second kappa shape index (κ2) is 5.08.